The highest BCUT2D eigenvalue weighted by Gasteiger charge is 2.31. The molecule has 1 atom stereocenters. The first-order valence-electron chi connectivity index (χ1n) is 6.01. The molecule has 102 valence electrons. The van der Waals surface area contributed by atoms with Crippen molar-refractivity contribution in [2.24, 2.45) is 0 Å². The zero-order chi connectivity index (χ0) is 13.8. The number of aliphatic hydroxyl groups is 1. The summed E-state index contributed by atoms with van der Waals surface area (Å²) in [5, 5.41) is 12.0. The van der Waals surface area contributed by atoms with E-state index < -0.39 is 12.0 Å². The van der Waals surface area contributed by atoms with Crippen molar-refractivity contribution in [1.82, 2.24) is 5.32 Å². The number of nitrogens with zero attached hydrogens (tertiary/aromatic N) is 1. The lowest BCUT2D eigenvalue weighted by Crippen LogP contribution is -2.57. The van der Waals surface area contributed by atoms with Crippen LogP contribution in [0.1, 0.15) is 10.4 Å². The summed E-state index contributed by atoms with van der Waals surface area (Å²) in [5.74, 6) is -0.702. The van der Waals surface area contributed by atoms with Crippen LogP contribution in [0.15, 0.2) is 24.3 Å². The summed E-state index contributed by atoms with van der Waals surface area (Å²) in [7, 11) is 1.31. The van der Waals surface area contributed by atoms with Gasteiger partial charge in [0, 0.05) is 13.1 Å². The lowest BCUT2D eigenvalue weighted by Gasteiger charge is -2.36. The minimum atomic E-state index is -0.681. The Morgan fingerprint density at radius 1 is 1.53 bits per heavy atom. The van der Waals surface area contributed by atoms with Gasteiger partial charge >= 0.3 is 5.97 Å². The fraction of sp³-hybridized carbons (Fsp3) is 0.385. The summed E-state index contributed by atoms with van der Waals surface area (Å²) in [6, 6.07) is 6.21. The number of anilines is 1. The number of nitrogens with one attached hydrogen (secondary N) is 1. The van der Waals surface area contributed by atoms with Gasteiger partial charge in [-0.15, -0.1) is 0 Å². The number of esters is 1. The lowest BCUT2D eigenvalue weighted by molar-refractivity contribution is -0.124. The number of rotatable bonds is 3. The molecular formula is C13H16N2O4. The Kier molecular flexibility index (Phi) is 4.01. The number of aliphatic hydroxyl groups excluding tert-OH is 1. The minimum Gasteiger partial charge on any atom is -0.465 e. The van der Waals surface area contributed by atoms with Crippen LogP contribution in [-0.4, -0.2) is 49.8 Å². The van der Waals surface area contributed by atoms with Crippen LogP contribution in [0.4, 0.5) is 5.69 Å². The molecule has 1 aliphatic heterocycles. The number of methoxy groups -OCH3 is 1. The summed E-state index contributed by atoms with van der Waals surface area (Å²) in [6.45, 7) is 0.706. The van der Waals surface area contributed by atoms with Gasteiger partial charge in [-0.2, -0.15) is 0 Å². The average Bonchev–Trinajstić information content (AvgIpc) is 2.46. The number of para-hydroxylation sites is 1. The molecule has 1 aromatic carbocycles. The van der Waals surface area contributed by atoms with Crippen LogP contribution in [0.25, 0.3) is 0 Å². The molecule has 0 aliphatic carbocycles. The average molecular weight is 264 g/mol. The van der Waals surface area contributed by atoms with Gasteiger partial charge in [-0.3, -0.25) is 4.79 Å². The molecule has 2 rings (SSSR count). The van der Waals surface area contributed by atoms with Crippen molar-refractivity contribution in [2.45, 2.75) is 6.04 Å². The Labute approximate surface area is 111 Å². The molecule has 1 amide bonds. The van der Waals surface area contributed by atoms with E-state index in [2.05, 4.69) is 5.32 Å². The van der Waals surface area contributed by atoms with Crippen LogP contribution in [0.2, 0.25) is 0 Å². The topological polar surface area (TPSA) is 78.9 Å². The van der Waals surface area contributed by atoms with E-state index in [0.717, 1.165) is 0 Å². The maximum absolute atomic E-state index is 11.7. The lowest BCUT2D eigenvalue weighted by atomic mass is 10.1. The number of carbonyl (C=O) groups is 2. The van der Waals surface area contributed by atoms with Gasteiger partial charge in [-0.25, -0.2) is 4.79 Å². The van der Waals surface area contributed by atoms with Crippen LogP contribution < -0.4 is 10.2 Å². The number of piperazine rings is 1. The molecule has 1 aromatic rings. The first-order chi connectivity index (χ1) is 9.19. The molecule has 6 heteroatoms. The standard InChI is InChI=1S/C13H16N2O4/c1-19-13(18)9-4-2-3-5-10(9)15-7-6-14-12(17)11(15)8-16/h2-5,11,16H,6-8H2,1H3,(H,14,17). The van der Waals surface area contributed by atoms with E-state index in [9.17, 15) is 14.7 Å². The zero-order valence-electron chi connectivity index (χ0n) is 10.6. The highest BCUT2D eigenvalue weighted by molar-refractivity contribution is 5.97. The Bertz CT molecular complexity index is 489. The van der Waals surface area contributed by atoms with Crippen molar-refractivity contribution < 1.29 is 19.4 Å². The highest BCUT2D eigenvalue weighted by atomic mass is 16.5. The van der Waals surface area contributed by atoms with Gasteiger partial charge in [-0.05, 0) is 12.1 Å². The van der Waals surface area contributed by atoms with E-state index in [-0.39, 0.29) is 12.5 Å². The number of ether oxygens (including phenoxy) is 1. The molecule has 0 radical (unpaired) electrons. The zero-order valence-corrected chi connectivity index (χ0v) is 10.6. The summed E-state index contributed by atoms with van der Waals surface area (Å²) in [6.07, 6.45) is 0. The minimum absolute atomic E-state index is 0.242. The number of carbonyl (C=O) groups excluding carboxylic acids is 2. The summed E-state index contributed by atoms with van der Waals surface area (Å²) in [5.41, 5.74) is 0.987. The second-order valence-corrected chi connectivity index (χ2v) is 4.19. The number of hydrogen-bond donors (Lipinski definition) is 2. The summed E-state index contributed by atoms with van der Waals surface area (Å²) >= 11 is 0. The molecule has 2 N–H and O–H groups in total. The van der Waals surface area contributed by atoms with E-state index in [4.69, 9.17) is 4.74 Å². The predicted molar refractivity (Wildman–Crippen MR) is 69.0 cm³/mol. The van der Waals surface area contributed by atoms with E-state index in [1.165, 1.54) is 7.11 Å². The molecule has 0 saturated carbocycles. The van der Waals surface area contributed by atoms with Gasteiger partial charge in [0.15, 0.2) is 0 Å². The van der Waals surface area contributed by atoms with Gasteiger partial charge in [0.2, 0.25) is 5.91 Å². The smallest absolute Gasteiger partial charge is 0.339 e. The third-order valence-corrected chi connectivity index (χ3v) is 3.12. The first-order valence-corrected chi connectivity index (χ1v) is 6.01. The molecule has 1 aliphatic rings. The maximum atomic E-state index is 11.7. The number of hydrogen-bond acceptors (Lipinski definition) is 5. The third-order valence-electron chi connectivity index (χ3n) is 3.12. The molecule has 1 unspecified atom stereocenters. The predicted octanol–water partition coefficient (Wildman–Crippen LogP) is -0.230. The number of benzene rings is 1. The van der Waals surface area contributed by atoms with Crippen molar-refractivity contribution in [3.63, 3.8) is 0 Å². The third kappa shape index (κ3) is 2.53. The van der Waals surface area contributed by atoms with Crippen LogP contribution >= 0.6 is 0 Å². The van der Waals surface area contributed by atoms with E-state index in [1.54, 1.807) is 29.2 Å². The van der Waals surface area contributed by atoms with E-state index in [0.29, 0.717) is 24.3 Å². The Morgan fingerprint density at radius 2 is 2.26 bits per heavy atom. The Balaban J connectivity index is 2.39. The Hall–Kier alpha value is -2.08. The molecule has 0 bridgehead atoms. The fourth-order valence-electron chi connectivity index (χ4n) is 2.19. The quantitative estimate of drug-likeness (QED) is 0.737. The maximum Gasteiger partial charge on any atom is 0.339 e. The van der Waals surface area contributed by atoms with Crippen LogP contribution in [-0.2, 0) is 9.53 Å². The van der Waals surface area contributed by atoms with Gasteiger partial charge in [-0.1, -0.05) is 12.1 Å². The van der Waals surface area contributed by atoms with Gasteiger partial charge in [0.25, 0.3) is 0 Å². The Morgan fingerprint density at radius 3 is 2.95 bits per heavy atom. The van der Waals surface area contributed by atoms with Gasteiger partial charge < -0.3 is 20.1 Å². The summed E-state index contributed by atoms with van der Waals surface area (Å²) in [4.78, 5) is 25.2. The number of amides is 1. The molecule has 1 fully saturated rings. The van der Waals surface area contributed by atoms with Crippen molar-refractivity contribution >= 4 is 17.6 Å². The molecule has 1 saturated heterocycles. The SMILES string of the molecule is COC(=O)c1ccccc1N1CCNC(=O)C1CO. The normalized spacial score (nSPS) is 18.9. The van der Waals surface area contributed by atoms with Gasteiger partial charge in [0.1, 0.15) is 6.04 Å². The first kappa shape index (κ1) is 13.4. The molecule has 0 spiro atoms. The summed E-state index contributed by atoms with van der Waals surface area (Å²) < 4.78 is 4.73. The fourth-order valence-corrected chi connectivity index (χ4v) is 2.19. The van der Waals surface area contributed by atoms with E-state index >= 15 is 0 Å². The van der Waals surface area contributed by atoms with Crippen LogP contribution in [0.5, 0.6) is 0 Å². The van der Waals surface area contributed by atoms with Crippen LogP contribution in [0.3, 0.4) is 0 Å². The molecule has 19 heavy (non-hydrogen) atoms. The van der Waals surface area contributed by atoms with Crippen molar-refractivity contribution in [3.05, 3.63) is 29.8 Å². The van der Waals surface area contributed by atoms with Crippen molar-refractivity contribution in [2.75, 3.05) is 31.7 Å². The second-order valence-electron chi connectivity index (χ2n) is 4.19. The largest absolute Gasteiger partial charge is 0.465 e. The molecule has 0 aromatic heterocycles. The highest BCUT2D eigenvalue weighted by Crippen LogP contribution is 2.24. The molecule has 1 heterocycles. The molecular weight excluding hydrogens is 248 g/mol. The van der Waals surface area contributed by atoms with Crippen LogP contribution in [0, 0.1) is 0 Å². The van der Waals surface area contributed by atoms with E-state index in [1.807, 2.05) is 0 Å². The molecule has 6 nitrogen and oxygen atoms in total. The second kappa shape index (κ2) is 5.71. The van der Waals surface area contributed by atoms with Crippen molar-refractivity contribution in [1.29, 1.82) is 0 Å². The van der Waals surface area contributed by atoms with Crippen molar-refractivity contribution in [3.8, 4) is 0 Å². The monoisotopic (exact) mass is 264 g/mol. The van der Waals surface area contributed by atoms with Gasteiger partial charge in [0.05, 0.1) is 25.0 Å².